The van der Waals surface area contributed by atoms with Crippen molar-refractivity contribution in [1.29, 1.82) is 0 Å². The molecular formula is C8H6Cl3NO. The molecule has 5 heteroatoms. The van der Waals surface area contributed by atoms with Gasteiger partial charge in [-0.1, -0.05) is 29.3 Å². The summed E-state index contributed by atoms with van der Waals surface area (Å²) >= 11 is 17.1. The minimum atomic E-state index is -0.912. The number of hydrogen-bond donors (Lipinski definition) is 1. The van der Waals surface area contributed by atoms with Crippen molar-refractivity contribution in [2.24, 2.45) is 5.73 Å². The first kappa shape index (κ1) is 10.6. The molecule has 2 nitrogen and oxygen atoms in total. The predicted molar refractivity (Wildman–Crippen MR) is 54.3 cm³/mol. The standard InChI is InChI=1S/C8H6Cl3NO/c9-4-1-2-5(6(10)3-4)7(11)8(12)13/h1-3,7H,(H2,12,13). The van der Waals surface area contributed by atoms with E-state index >= 15 is 0 Å². The Kier molecular flexibility index (Phi) is 3.42. The Hall–Kier alpha value is -0.440. The SMILES string of the molecule is NC(=O)C(Cl)c1ccc(Cl)cc1Cl. The molecule has 1 aromatic carbocycles. The van der Waals surface area contributed by atoms with Gasteiger partial charge in [-0.25, -0.2) is 0 Å². The molecule has 0 aliphatic heterocycles. The zero-order valence-corrected chi connectivity index (χ0v) is 8.70. The Bertz CT molecular complexity index is 340. The molecule has 0 saturated heterocycles. The van der Waals surface area contributed by atoms with Gasteiger partial charge in [-0.05, 0) is 17.7 Å². The van der Waals surface area contributed by atoms with Gasteiger partial charge in [0.15, 0.2) is 0 Å². The van der Waals surface area contributed by atoms with Crippen LogP contribution in [-0.4, -0.2) is 5.91 Å². The third-order valence-corrected chi connectivity index (χ3v) is 2.50. The third-order valence-electron chi connectivity index (χ3n) is 1.49. The van der Waals surface area contributed by atoms with Crippen molar-refractivity contribution in [2.45, 2.75) is 5.38 Å². The first-order valence-electron chi connectivity index (χ1n) is 3.40. The van der Waals surface area contributed by atoms with Crippen molar-refractivity contribution in [3.05, 3.63) is 33.8 Å². The lowest BCUT2D eigenvalue weighted by atomic mass is 10.1. The average molecular weight is 239 g/mol. The van der Waals surface area contributed by atoms with E-state index in [1.807, 2.05) is 0 Å². The number of benzene rings is 1. The van der Waals surface area contributed by atoms with Crippen LogP contribution >= 0.6 is 34.8 Å². The van der Waals surface area contributed by atoms with E-state index in [4.69, 9.17) is 40.5 Å². The molecular weight excluding hydrogens is 232 g/mol. The Morgan fingerprint density at radius 3 is 2.46 bits per heavy atom. The highest BCUT2D eigenvalue weighted by Gasteiger charge is 2.17. The molecule has 0 aromatic heterocycles. The van der Waals surface area contributed by atoms with E-state index in [-0.39, 0.29) is 0 Å². The molecule has 0 radical (unpaired) electrons. The topological polar surface area (TPSA) is 43.1 Å². The molecule has 0 fully saturated rings. The van der Waals surface area contributed by atoms with Gasteiger partial charge in [0.05, 0.1) is 0 Å². The number of amides is 1. The number of alkyl halides is 1. The van der Waals surface area contributed by atoms with E-state index in [1.165, 1.54) is 6.07 Å². The summed E-state index contributed by atoms with van der Waals surface area (Å²) in [4.78, 5) is 10.7. The van der Waals surface area contributed by atoms with Crippen molar-refractivity contribution >= 4 is 40.7 Å². The monoisotopic (exact) mass is 237 g/mol. The van der Waals surface area contributed by atoms with Crippen LogP contribution in [0.4, 0.5) is 0 Å². The number of rotatable bonds is 2. The summed E-state index contributed by atoms with van der Waals surface area (Å²) in [5, 5.41) is -0.0850. The van der Waals surface area contributed by atoms with Crippen LogP contribution in [0.15, 0.2) is 18.2 Å². The summed E-state index contributed by atoms with van der Waals surface area (Å²) in [6.07, 6.45) is 0. The van der Waals surface area contributed by atoms with Crippen molar-refractivity contribution in [1.82, 2.24) is 0 Å². The maximum Gasteiger partial charge on any atom is 0.240 e. The number of carbonyl (C=O) groups excluding carboxylic acids is 1. The first-order chi connectivity index (χ1) is 6.02. The summed E-state index contributed by atoms with van der Waals surface area (Å²) in [5.74, 6) is -0.633. The van der Waals surface area contributed by atoms with Crippen LogP contribution in [0.3, 0.4) is 0 Å². The lowest BCUT2D eigenvalue weighted by Gasteiger charge is -2.07. The largest absolute Gasteiger partial charge is 0.368 e. The highest BCUT2D eigenvalue weighted by atomic mass is 35.5. The highest BCUT2D eigenvalue weighted by molar-refractivity contribution is 6.37. The van der Waals surface area contributed by atoms with Gasteiger partial charge in [0, 0.05) is 10.0 Å². The van der Waals surface area contributed by atoms with E-state index in [0.717, 1.165) is 0 Å². The molecule has 1 atom stereocenters. The lowest BCUT2D eigenvalue weighted by molar-refractivity contribution is -0.117. The van der Waals surface area contributed by atoms with Gasteiger partial charge in [-0.3, -0.25) is 4.79 Å². The van der Waals surface area contributed by atoms with Crippen LogP contribution in [0.1, 0.15) is 10.9 Å². The molecule has 13 heavy (non-hydrogen) atoms. The maximum atomic E-state index is 10.7. The fourth-order valence-corrected chi connectivity index (χ4v) is 1.62. The van der Waals surface area contributed by atoms with Crippen LogP contribution in [0.5, 0.6) is 0 Å². The van der Waals surface area contributed by atoms with Crippen molar-refractivity contribution in [2.75, 3.05) is 0 Å². The average Bonchev–Trinajstić information content (AvgIpc) is 2.03. The number of carbonyl (C=O) groups is 1. The Morgan fingerprint density at radius 1 is 1.38 bits per heavy atom. The number of primary amides is 1. The van der Waals surface area contributed by atoms with E-state index in [9.17, 15) is 4.79 Å². The first-order valence-corrected chi connectivity index (χ1v) is 4.60. The van der Waals surface area contributed by atoms with E-state index in [1.54, 1.807) is 12.1 Å². The van der Waals surface area contributed by atoms with Crippen LogP contribution in [0, 0.1) is 0 Å². The second-order valence-corrected chi connectivity index (χ2v) is 3.71. The molecule has 2 N–H and O–H groups in total. The minimum Gasteiger partial charge on any atom is -0.368 e. The van der Waals surface area contributed by atoms with Gasteiger partial charge < -0.3 is 5.73 Å². The van der Waals surface area contributed by atoms with Gasteiger partial charge >= 0.3 is 0 Å². The third kappa shape index (κ3) is 2.50. The molecule has 1 unspecified atom stereocenters. The highest BCUT2D eigenvalue weighted by Crippen LogP contribution is 2.29. The van der Waals surface area contributed by atoms with Crippen LogP contribution in [0.2, 0.25) is 10.0 Å². The number of hydrogen-bond acceptors (Lipinski definition) is 1. The molecule has 0 heterocycles. The smallest absolute Gasteiger partial charge is 0.240 e. The van der Waals surface area contributed by atoms with Gasteiger partial charge in [0.1, 0.15) is 5.38 Å². The van der Waals surface area contributed by atoms with E-state index < -0.39 is 11.3 Å². The zero-order valence-electron chi connectivity index (χ0n) is 6.43. The van der Waals surface area contributed by atoms with Crippen LogP contribution in [0.25, 0.3) is 0 Å². The fourth-order valence-electron chi connectivity index (χ4n) is 0.860. The normalized spacial score (nSPS) is 12.5. The number of halogens is 3. The van der Waals surface area contributed by atoms with E-state index in [2.05, 4.69) is 0 Å². The molecule has 0 aliphatic rings. The van der Waals surface area contributed by atoms with Crippen molar-refractivity contribution in [3.8, 4) is 0 Å². The lowest BCUT2D eigenvalue weighted by Crippen LogP contribution is -2.17. The molecule has 1 aromatic rings. The summed E-state index contributed by atoms with van der Waals surface area (Å²) < 4.78 is 0. The second-order valence-electron chi connectivity index (χ2n) is 2.43. The quantitative estimate of drug-likeness (QED) is 0.791. The molecule has 0 spiro atoms. The zero-order chi connectivity index (χ0) is 10.0. The van der Waals surface area contributed by atoms with Gasteiger partial charge in [0.25, 0.3) is 0 Å². The number of nitrogens with two attached hydrogens (primary N) is 1. The predicted octanol–water partition coefficient (Wildman–Crippen LogP) is 2.76. The van der Waals surface area contributed by atoms with Crippen molar-refractivity contribution < 1.29 is 4.79 Å². The summed E-state index contributed by atoms with van der Waals surface area (Å²) in [7, 11) is 0. The van der Waals surface area contributed by atoms with Crippen LogP contribution in [-0.2, 0) is 4.79 Å². The van der Waals surface area contributed by atoms with Gasteiger partial charge in [-0.15, -0.1) is 11.6 Å². The Labute approximate surface area is 90.6 Å². The summed E-state index contributed by atoms with van der Waals surface area (Å²) in [6, 6.07) is 4.69. The molecule has 0 saturated carbocycles. The summed E-state index contributed by atoms with van der Waals surface area (Å²) in [5.41, 5.74) is 5.48. The second kappa shape index (κ2) is 4.18. The minimum absolute atomic E-state index is 0.339. The Balaban J connectivity index is 3.08. The fraction of sp³-hybridized carbons (Fsp3) is 0.125. The molecule has 1 amide bonds. The molecule has 0 bridgehead atoms. The summed E-state index contributed by atoms with van der Waals surface area (Å²) in [6.45, 7) is 0. The van der Waals surface area contributed by atoms with Gasteiger partial charge in [0.2, 0.25) is 5.91 Å². The maximum absolute atomic E-state index is 10.7. The van der Waals surface area contributed by atoms with E-state index in [0.29, 0.717) is 15.6 Å². The Morgan fingerprint density at radius 2 is 2.00 bits per heavy atom. The molecule has 1 rings (SSSR count). The van der Waals surface area contributed by atoms with Crippen LogP contribution < -0.4 is 5.73 Å². The van der Waals surface area contributed by atoms with Gasteiger partial charge in [-0.2, -0.15) is 0 Å². The molecule has 70 valence electrons. The van der Waals surface area contributed by atoms with Crippen molar-refractivity contribution in [3.63, 3.8) is 0 Å². The molecule has 0 aliphatic carbocycles.